The zero-order valence-corrected chi connectivity index (χ0v) is 23.4. The molecule has 2 aliphatic rings. The summed E-state index contributed by atoms with van der Waals surface area (Å²) in [5.41, 5.74) is 1.29. The normalized spacial score (nSPS) is 19.0. The van der Waals surface area contributed by atoms with Crippen molar-refractivity contribution in [3.63, 3.8) is 0 Å². The van der Waals surface area contributed by atoms with Gasteiger partial charge in [-0.1, -0.05) is 36.6 Å². The molecule has 2 fully saturated rings. The Kier molecular flexibility index (Phi) is 8.42. The molecule has 0 bridgehead atoms. The summed E-state index contributed by atoms with van der Waals surface area (Å²) >= 11 is 13.5. The zero-order chi connectivity index (χ0) is 25.7. The molecule has 5 rings (SSSR count). The molecule has 0 unspecified atom stereocenters. The molecule has 1 aromatic carbocycles. The van der Waals surface area contributed by atoms with E-state index in [1.807, 2.05) is 24.3 Å². The molecule has 1 saturated heterocycles. The molecule has 1 aliphatic heterocycles. The second kappa shape index (κ2) is 11.9. The average molecular weight is 554 g/mol. The molecule has 2 N–H and O–H groups in total. The van der Waals surface area contributed by atoms with Crippen molar-refractivity contribution in [3.05, 3.63) is 59.4 Å². The minimum Gasteiger partial charge on any atom is -0.361 e. The lowest BCUT2D eigenvalue weighted by Gasteiger charge is -2.34. The zero-order valence-electron chi connectivity index (χ0n) is 21.0. The van der Waals surface area contributed by atoms with Gasteiger partial charge in [-0.25, -0.2) is 15.0 Å². The largest absolute Gasteiger partial charge is 0.361 e. The quantitative estimate of drug-likeness (QED) is 0.200. The number of benzene rings is 1. The fraction of sp³-hybridized carbons (Fsp3) is 0.444. The Hall–Kier alpha value is -2.49. The summed E-state index contributed by atoms with van der Waals surface area (Å²) < 4.78 is 0. The van der Waals surface area contributed by atoms with Crippen molar-refractivity contribution in [2.45, 2.75) is 73.5 Å². The summed E-state index contributed by atoms with van der Waals surface area (Å²) in [7, 11) is 0. The molecule has 0 spiro atoms. The molecule has 1 aliphatic carbocycles. The van der Waals surface area contributed by atoms with Gasteiger partial charge in [-0.3, -0.25) is 0 Å². The number of rotatable bonds is 7. The van der Waals surface area contributed by atoms with Crippen LogP contribution < -0.4 is 15.5 Å². The SMILES string of the molecule is C[C@H]1CCCCN1c1cc(Sc2ncccn2)nc(NC(=S)NCC2(c3cccc(Cl)c3)CCCC2)n1. The summed E-state index contributed by atoms with van der Waals surface area (Å²) in [5, 5.41) is 9.44. The summed E-state index contributed by atoms with van der Waals surface area (Å²) in [5.74, 6) is 1.38. The van der Waals surface area contributed by atoms with Gasteiger partial charge in [-0.05, 0) is 86.8 Å². The number of hydrogen-bond donors (Lipinski definition) is 2. The van der Waals surface area contributed by atoms with Crippen LogP contribution >= 0.6 is 35.6 Å². The predicted octanol–water partition coefficient (Wildman–Crippen LogP) is 6.25. The Bertz CT molecular complexity index is 1220. The van der Waals surface area contributed by atoms with Crippen LogP contribution in [0.25, 0.3) is 0 Å². The number of nitrogens with zero attached hydrogens (tertiary/aromatic N) is 5. The molecule has 1 saturated carbocycles. The third kappa shape index (κ3) is 6.51. The van der Waals surface area contributed by atoms with Gasteiger partial charge in [0.2, 0.25) is 5.95 Å². The van der Waals surface area contributed by atoms with Gasteiger partial charge in [0, 0.05) is 48.0 Å². The number of halogens is 1. The first kappa shape index (κ1) is 26.1. The van der Waals surface area contributed by atoms with E-state index in [0.717, 1.165) is 54.6 Å². The number of thiocarbonyl (C=S) groups is 1. The lowest BCUT2D eigenvalue weighted by Crippen LogP contribution is -2.41. The molecule has 7 nitrogen and oxygen atoms in total. The van der Waals surface area contributed by atoms with Crippen LogP contribution in [0.15, 0.2) is 59.0 Å². The third-order valence-corrected chi connectivity index (χ3v) is 8.63. The average Bonchev–Trinajstić information content (AvgIpc) is 3.39. The van der Waals surface area contributed by atoms with Crippen molar-refractivity contribution < 1.29 is 0 Å². The molecule has 37 heavy (non-hydrogen) atoms. The van der Waals surface area contributed by atoms with E-state index >= 15 is 0 Å². The second-order valence-corrected chi connectivity index (χ2v) is 11.7. The number of hydrogen-bond acceptors (Lipinski definition) is 7. The Morgan fingerprint density at radius 2 is 1.92 bits per heavy atom. The van der Waals surface area contributed by atoms with E-state index < -0.39 is 0 Å². The monoisotopic (exact) mass is 553 g/mol. The highest BCUT2D eigenvalue weighted by Crippen LogP contribution is 2.41. The van der Waals surface area contributed by atoms with Crippen LogP contribution in [0.3, 0.4) is 0 Å². The van der Waals surface area contributed by atoms with Gasteiger partial charge in [0.05, 0.1) is 0 Å². The topological polar surface area (TPSA) is 78.9 Å². The van der Waals surface area contributed by atoms with Crippen LogP contribution in [-0.4, -0.2) is 44.2 Å². The number of anilines is 2. The highest BCUT2D eigenvalue weighted by atomic mass is 35.5. The Morgan fingerprint density at radius 3 is 2.68 bits per heavy atom. The molecule has 0 radical (unpaired) electrons. The standard InChI is InChI=1S/C27H32ClN7S2/c1-19-8-2-5-15-35(19)22-17-23(37-26-29-13-7-14-30-26)33-24(32-22)34-25(36)31-18-27(11-3-4-12-27)20-9-6-10-21(28)16-20/h6-7,9-10,13-14,16-17,19H,2-5,8,11-12,15,18H2,1H3,(H2,31,32,33,34,36)/t19-/m0/s1. The fourth-order valence-electron chi connectivity index (χ4n) is 5.37. The first-order chi connectivity index (χ1) is 18.0. The van der Waals surface area contributed by atoms with Crippen LogP contribution in [0.2, 0.25) is 5.02 Å². The second-order valence-electron chi connectivity index (χ2n) is 9.87. The van der Waals surface area contributed by atoms with Crippen LogP contribution in [0, 0.1) is 0 Å². The van der Waals surface area contributed by atoms with E-state index in [1.165, 1.54) is 36.6 Å². The molecule has 0 amide bonds. The first-order valence-corrected chi connectivity index (χ1v) is 14.5. The minimum atomic E-state index is 0.0221. The molecule has 1 atom stereocenters. The molecule has 2 aromatic heterocycles. The van der Waals surface area contributed by atoms with Crippen molar-refractivity contribution in [3.8, 4) is 0 Å². The van der Waals surface area contributed by atoms with E-state index in [1.54, 1.807) is 12.4 Å². The van der Waals surface area contributed by atoms with E-state index in [2.05, 4.69) is 44.6 Å². The molecule has 10 heteroatoms. The maximum absolute atomic E-state index is 6.33. The Labute approximate surface area is 233 Å². The minimum absolute atomic E-state index is 0.0221. The molecular weight excluding hydrogens is 522 g/mol. The summed E-state index contributed by atoms with van der Waals surface area (Å²) in [4.78, 5) is 20.7. The fourth-order valence-corrected chi connectivity index (χ4v) is 6.44. The lowest BCUT2D eigenvalue weighted by molar-refractivity contribution is 0.435. The van der Waals surface area contributed by atoms with Gasteiger partial charge in [0.1, 0.15) is 10.8 Å². The van der Waals surface area contributed by atoms with E-state index in [-0.39, 0.29) is 5.41 Å². The van der Waals surface area contributed by atoms with Crippen LogP contribution in [0.1, 0.15) is 57.4 Å². The van der Waals surface area contributed by atoms with E-state index in [0.29, 0.717) is 22.3 Å². The number of aromatic nitrogens is 4. The number of piperidine rings is 1. The van der Waals surface area contributed by atoms with Gasteiger partial charge < -0.3 is 15.5 Å². The van der Waals surface area contributed by atoms with E-state index in [9.17, 15) is 0 Å². The Morgan fingerprint density at radius 1 is 1.11 bits per heavy atom. The molecule has 194 valence electrons. The van der Waals surface area contributed by atoms with Crippen molar-refractivity contribution in [2.75, 3.05) is 23.3 Å². The first-order valence-electron chi connectivity index (χ1n) is 12.9. The summed E-state index contributed by atoms with van der Waals surface area (Å²) in [6.45, 7) is 3.97. The van der Waals surface area contributed by atoms with Crippen molar-refractivity contribution in [2.24, 2.45) is 0 Å². The van der Waals surface area contributed by atoms with E-state index in [4.69, 9.17) is 33.8 Å². The Balaban J connectivity index is 1.33. The highest BCUT2D eigenvalue weighted by molar-refractivity contribution is 7.99. The van der Waals surface area contributed by atoms with Gasteiger partial charge in [-0.15, -0.1) is 0 Å². The lowest BCUT2D eigenvalue weighted by atomic mass is 9.79. The van der Waals surface area contributed by atoms with Gasteiger partial charge in [0.15, 0.2) is 10.3 Å². The van der Waals surface area contributed by atoms with Crippen molar-refractivity contribution >= 4 is 52.5 Å². The van der Waals surface area contributed by atoms with Crippen molar-refractivity contribution in [1.29, 1.82) is 0 Å². The van der Waals surface area contributed by atoms with Gasteiger partial charge >= 0.3 is 0 Å². The smallest absolute Gasteiger partial charge is 0.232 e. The molecular formula is C27H32ClN7S2. The van der Waals surface area contributed by atoms with Gasteiger partial charge in [-0.2, -0.15) is 4.98 Å². The maximum atomic E-state index is 6.33. The highest BCUT2D eigenvalue weighted by Gasteiger charge is 2.35. The third-order valence-electron chi connectivity index (χ3n) is 7.33. The van der Waals surface area contributed by atoms with Crippen LogP contribution in [0.5, 0.6) is 0 Å². The van der Waals surface area contributed by atoms with Crippen LogP contribution in [0.4, 0.5) is 11.8 Å². The predicted molar refractivity (Wildman–Crippen MR) is 155 cm³/mol. The summed E-state index contributed by atoms with van der Waals surface area (Å²) in [6, 6.07) is 12.5. The van der Waals surface area contributed by atoms with Gasteiger partial charge in [0.25, 0.3) is 0 Å². The maximum Gasteiger partial charge on any atom is 0.232 e. The van der Waals surface area contributed by atoms with Crippen LogP contribution in [-0.2, 0) is 5.41 Å². The van der Waals surface area contributed by atoms with Crippen molar-refractivity contribution in [1.82, 2.24) is 25.3 Å². The summed E-state index contributed by atoms with van der Waals surface area (Å²) in [6.07, 6.45) is 11.7. The molecule has 3 aromatic rings. The molecule has 3 heterocycles. The number of nitrogens with one attached hydrogen (secondary N) is 2.